The van der Waals surface area contributed by atoms with Crippen molar-refractivity contribution in [2.75, 3.05) is 29.9 Å². The number of nitrogens with one attached hydrogen (secondary N) is 2. The molecule has 2 fully saturated rings. The summed E-state index contributed by atoms with van der Waals surface area (Å²) >= 11 is 0. The van der Waals surface area contributed by atoms with Crippen LogP contribution in [-0.4, -0.2) is 47.8 Å². The molecule has 1 aliphatic heterocycles. The van der Waals surface area contributed by atoms with E-state index in [0.717, 1.165) is 24.1 Å². The fourth-order valence-electron chi connectivity index (χ4n) is 3.77. The summed E-state index contributed by atoms with van der Waals surface area (Å²) in [6, 6.07) is 16.5. The summed E-state index contributed by atoms with van der Waals surface area (Å²) in [5.74, 6) is 0.342. The smallest absolute Gasteiger partial charge is 0.322 e. The molecule has 4 amide bonds. The number of aliphatic hydroxyl groups excluding tert-OH is 1. The van der Waals surface area contributed by atoms with E-state index in [9.17, 15) is 14.7 Å². The Labute approximate surface area is 170 Å². The van der Waals surface area contributed by atoms with E-state index in [1.807, 2.05) is 42.5 Å². The fourth-order valence-corrected chi connectivity index (χ4v) is 3.77. The van der Waals surface area contributed by atoms with Crippen molar-refractivity contribution in [2.45, 2.75) is 25.4 Å². The van der Waals surface area contributed by atoms with E-state index >= 15 is 0 Å². The first kappa shape index (κ1) is 19.3. The molecule has 1 atom stereocenters. The number of hydrogen-bond donors (Lipinski definition) is 3. The molecule has 7 nitrogen and oxygen atoms in total. The predicted molar refractivity (Wildman–Crippen MR) is 112 cm³/mol. The number of aliphatic hydroxyl groups is 1. The third-order valence-corrected chi connectivity index (χ3v) is 5.48. The minimum absolute atomic E-state index is 0.0566. The van der Waals surface area contributed by atoms with Gasteiger partial charge in [0.05, 0.1) is 12.6 Å². The normalized spacial score (nSPS) is 17.0. The third-order valence-electron chi connectivity index (χ3n) is 5.48. The number of hydrogen-bond acceptors (Lipinski definition) is 3. The van der Waals surface area contributed by atoms with E-state index in [1.54, 1.807) is 21.9 Å². The van der Waals surface area contributed by atoms with Crippen molar-refractivity contribution < 1.29 is 14.7 Å². The molecule has 2 aliphatic rings. The summed E-state index contributed by atoms with van der Waals surface area (Å²) in [5, 5.41) is 15.7. The highest BCUT2D eigenvalue weighted by atomic mass is 16.3. The quantitative estimate of drug-likeness (QED) is 0.675. The second-order valence-corrected chi connectivity index (χ2v) is 7.56. The van der Waals surface area contributed by atoms with E-state index in [2.05, 4.69) is 10.6 Å². The summed E-state index contributed by atoms with van der Waals surface area (Å²) < 4.78 is 0. The van der Waals surface area contributed by atoms with Gasteiger partial charge < -0.3 is 20.6 Å². The Morgan fingerprint density at radius 3 is 2.66 bits per heavy atom. The van der Waals surface area contributed by atoms with Crippen LogP contribution in [0.3, 0.4) is 0 Å². The van der Waals surface area contributed by atoms with Gasteiger partial charge in [0.1, 0.15) is 0 Å². The Morgan fingerprint density at radius 2 is 2.00 bits per heavy atom. The van der Waals surface area contributed by atoms with Crippen LogP contribution in [0, 0.1) is 5.92 Å². The zero-order valence-corrected chi connectivity index (χ0v) is 16.3. The average Bonchev–Trinajstić information content (AvgIpc) is 3.48. The maximum atomic E-state index is 13.2. The van der Waals surface area contributed by atoms with Crippen LogP contribution in [-0.2, 0) is 6.54 Å². The molecule has 0 aromatic heterocycles. The van der Waals surface area contributed by atoms with Gasteiger partial charge in [0.2, 0.25) is 0 Å². The van der Waals surface area contributed by atoms with Crippen molar-refractivity contribution in [3.63, 3.8) is 0 Å². The van der Waals surface area contributed by atoms with Crippen LogP contribution in [0.4, 0.5) is 21.0 Å². The summed E-state index contributed by atoms with van der Waals surface area (Å²) in [6.45, 7) is 1.59. The Bertz CT molecular complexity index is 869. The number of amides is 4. The van der Waals surface area contributed by atoms with E-state index in [4.69, 9.17) is 0 Å². The predicted octanol–water partition coefficient (Wildman–Crippen LogP) is 3.02. The third kappa shape index (κ3) is 4.51. The van der Waals surface area contributed by atoms with E-state index in [1.165, 1.54) is 0 Å². The fraction of sp³-hybridized carbons (Fsp3) is 0.364. The van der Waals surface area contributed by atoms with Crippen molar-refractivity contribution in [3.8, 4) is 0 Å². The van der Waals surface area contributed by atoms with Crippen molar-refractivity contribution >= 4 is 23.4 Å². The molecule has 1 saturated heterocycles. The lowest BCUT2D eigenvalue weighted by Gasteiger charge is -2.31. The van der Waals surface area contributed by atoms with Crippen molar-refractivity contribution in [1.29, 1.82) is 0 Å². The van der Waals surface area contributed by atoms with Crippen LogP contribution in [0.25, 0.3) is 0 Å². The molecule has 152 valence electrons. The number of carbonyl (C=O) groups is 2. The van der Waals surface area contributed by atoms with Gasteiger partial charge in [-0.1, -0.05) is 36.4 Å². The van der Waals surface area contributed by atoms with Crippen molar-refractivity contribution in [1.82, 2.24) is 10.2 Å². The Hall–Kier alpha value is -3.06. The van der Waals surface area contributed by atoms with Gasteiger partial charge in [-0.05, 0) is 42.5 Å². The first-order chi connectivity index (χ1) is 14.2. The number of carbonyl (C=O) groups excluding carboxylic acids is 2. The van der Waals surface area contributed by atoms with Gasteiger partial charge in [-0.15, -0.1) is 0 Å². The molecule has 0 radical (unpaired) electrons. The highest BCUT2D eigenvalue weighted by Gasteiger charge is 2.37. The molecule has 2 aromatic rings. The maximum Gasteiger partial charge on any atom is 0.322 e. The number of nitrogens with zero attached hydrogens (tertiary/aromatic N) is 2. The van der Waals surface area contributed by atoms with Crippen molar-refractivity contribution in [3.05, 3.63) is 60.2 Å². The van der Waals surface area contributed by atoms with Crippen molar-refractivity contribution in [2.24, 2.45) is 5.92 Å². The molecule has 1 heterocycles. The first-order valence-corrected chi connectivity index (χ1v) is 10.0. The van der Waals surface area contributed by atoms with Gasteiger partial charge in [-0.3, -0.25) is 4.90 Å². The van der Waals surface area contributed by atoms with Crippen LogP contribution in [0.1, 0.15) is 18.4 Å². The Kier molecular flexibility index (Phi) is 5.67. The molecule has 7 heteroatoms. The summed E-state index contributed by atoms with van der Waals surface area (Å²) in [6.07, 6.45) is 2.06. The highest BCUT2D eigenvalue weighted by molar-refractivity contribution is 5.95. The van der Waals surface area contributed by atoms with Crippen LogP contribution in [0.2, 0.25) is 0 Å². The molecule has 0 bridgehead atoms. The van der Waals surface area contributed by atoms with Gasteiger partial charge in [0.15, 0.2) is 0 Å². The van der Waals surface area contributed by atoms with Crippen LogP contribution in [0.5, 0.6) is 0 Å². The standard InChI is InChI=1S/C22H26N4O3/c27-15-20(17-9-10-17)26(14-16-5-2-1-3-6-16)22(29)24-18-7-4-8-19(13-18)25-12-11-23-21(25)28/h1-8,13,17,20,27H,9-12,14-15H2,(H,23,28)(H,24,29)/t20-/m0/s1. The monoisotopic (exact) mass is 394 g/mol. The largest absolute Gasteiger partial charge is 0.394 e. The zero-order valence-electron chi connectivity index (χ0n) is 16.3. The summed E-state index contributed by atoms with van der Waals surface area (Å²) in [7, 11) is 0. The lowest BCUT2D eigenvalue weighted by molar-refractivity contribution is 0.124. The van der Waals surface area contributed by atoms with Gasteiger partial charge in [0.25, 0.3) is 0 Å². The minimum atomic E-state index is -0.247. The highest BCUT2D eigenvalue weighted by Crippen LogP contribution is 2.36. The molecule has 0 unspecified atom stereocenters. The summed E-state index contributed by atoms with van der Waals surface area (Å²) in [4.78, 5) is 28.5. The lowest BCUT2D eigenvalue weighted by atomic mass is 10.1. The summed E-state index contributed by atoms with van der Waals surface area (Å²) in [5.41, 5.74) is 2.38. The van der Waals surface area contributed by atoms with Gasteiger partial charge >= 0.3 is 12.1 Å². The van der Waals surface area contributed by atoms with E-state index < -0.39 is 0 Å². The SMILES string of the molecule is O=C1NCCN1c1cccc(NC(=O)N(Cc2ccccc2)[C@@H](CO)C2CC2)c1. The average molecular weight is 394 g/mol. The molecule has 3 N–H and O–H groups in total. The number of anilines is 2. The number of benzene rings is 2. The Morgan fingerprint density at radius 1 is 1.21 bits per heavy atom. The van der Waals surface area contributed by atoms with E-state index in [0.29, 0.717) is 31.2 Å². The van der Waals surface area contributed by atoms with Crippen LogP contribution >= 0.6 is 0 Å². The number of rotatable bonds is 7. The molecule has 29 heavy (non-hydrogen) atoms. The van der Waals surface area contributed by atoms with E-state index in [-0.39, 0.29) is 24.7 Å². The Balaban J connectivity index is 1.52. The second kappa shape index (κ2) is 8.53. The maximum absolute atomic E-state index is 13.2. The van der Waals surface area contributed by atoms with Crippen LogP contribution in [0.15, 0.2) is 54.6 Å². The second-order valence-electron chi connectivity index (χ2n) is 7.56. The molecule has 1 aliphatic carbocycles. The zero-order chi connectivity index (χ0) is 20.2. The molecule has 4 rings (SSSR count). The minimum Gasteiger partial charge on any atom is -0.394 e. The first-order valence-electron chi connectivity index (χ1n) is 10.0. The number of urea groups is 2. The lowest BCUT2D eigenvalue weighted by Crippen LogP contribution is -2.45. The molecule has 0 spiro atoms. The van der Waals surface area contributed by atoms with Gasteiger partial charge in [-0.2, -0.15) is 0 Å². The van der Waals surface area contributed by atoms with Crippen LogP contribution < -0.4 is 15.5 Å². The van der Waals surface area contributed by atoms with Gasteiger partial charge in [-0.25, -0.2) is 9.59 Å². The molecule has 1 saturated carbocycles. The molecular formula is C22H26N4O3. The van der Waals surface area contributed by atoms with Gasteiger partial charge in [0, 0.05) is 31.0 Å². The molecule has 2 aromatic carbocycles. The topological polar surface area (TPSA) is 84.9 Å². The molecular weight excluding hydrogens is 368 g/mol.